The molecule has 0 atom stereocenters. The molecule has 2 aromatic rings. The van der Waals surface area contributed by atoms with E-state index in [2.05, 4.69) is 10.3 Å². The van der Waals surface area contributed by atoms with Gasteiger partial charge in [-0.25, -0.2) is 4.98 Å². The predicted octanol–water partition coefficient (Wildman–Crippen LogP) is 2.80. The molecule has 0 fully saturated rings. The average molecular weight is 376 g/mol. The third-order valence-electron chi connectivity index (χ3n) is 3.29. The number of aromatic nitrogens is 1. The lowest BCUT2D eigenvalue weighted by Crippen LogP contribution is -2.14. The molecular formula is C17H14ClN3O3S. The Bertz CT molecular complexity index is 889. The number of thiazole rings is 1. The van der Waals surface area contributed by atoms with Crippen LogP contribution in [0.4, 0.5) is 5.13 Å². The van der Waals surface area contributed by atoms with Gasteiger partial charge < -0.3 is 10.5 Å². The highest BCUT2D eigenvalue weighted by molar-refractivity contribution is 7.14. The molecule has 0 aliphatic carbocycles. The van der Waals surface area contributed by atoms with Gasteiger partial charge in [0.1, 0.15) is 12.4 Å². The maximum atomic E-state index is 12.0. The number of benzene rings is 1. The number of nitrogens with zero attached hydrogens (tertiary/aromatic N) is 1. The van der Waals surface area contributed by atoms with Gasteiger partial charge in [0.25, 0.3) is 0 Å². The molecule has 2 amide bonds. The summed E-state index contributed by atoms with van der Waals surface area (Å²) < 4.78 is 5.62. The monoisotopic (exact) mass is 375 g/mol. The lowest BCUT2D eigenvalue weighted by Gasteiger charge is -2.16. The first-order chi connectivity index (χ1) is 12.0. The van der Waals surface area contributed by atoms with Crippen LogP contribution in [-0.2, 0) is 16.0 Å². The number of ether oxygens (including phenoxy) is 1. The largest absolute Gasteiger partial charge is 0.488 e. The Hall–Kier alpha value is -2.64. The van der Waals surface area contributed by atoms with Gasteiger partial charge in [0.05, 0.1) is 12.1 Å². The van der Waals surface area contributed by atoms with Crippen LogP contribution >= 0.6 is 22.9 Å². The van der Waals surface area contributed by atoms with Crippen LogP contribution in [-0.4, -0.2) is 23.4 Å². The molecule has 1 aromatic heterocycles. The first-order valence-electron chi connectivity index (χ1n) is 7.34. The van der Waals surface area contributed by atoms with E-state index in [-0.39, 0.29) is 12.3 Å². The number of hydrogen-bond acceptors (Lipinski definition) is 5. The smallest absolute Gasteiger partial charge is 0.250 e. The van der Waals surface area contributed by atoms with E-state index < -0.39 is 5.91 Å². The van der Waals surface area contributed by atoms with Gasteiger partial charge in [0.15, 0.2) is 5.13 Å². The fourth-order valence-corrected chi connectivity index (χ4v) is 3.11. The highest BCUT2D eigenvalue weighted by atomic mass is 35.5. The van der Waals surface area contributed by atoms with Crippen LogP contribution in [0.3, 0.4) is 0 Å². The van der Waals surface area contributed by atoms with Crippen molar-refractivity contribution in [3.63, 3.8) is 0 Å². The fraction of sp³-hybridized carbons (Fsp3) is 0.118. The van der Waals surface area contributed by atoms with Gasteiger partial charge in [-0.15, -0.1) is 11.3 Å². The van der Waals surface area contributed by atoms with Gasteiger partial charge in [0, 0.05) is 22.0 Å². The number of rotatable bonds is 5. The third-order valence-corrected chi connectivity index (χ3v) is 4.33. The van der Waals surface area contributed by atoms with Crippen LogP contribution in [0.15, 0.2) is 41.3 Å². The van der Waals surface area contributed by atoms with Crippen LogP contribution in [0.2, 0.25) is 5.02 Å². The standard InChI is InChI=1S/C17H14ClN3O3S/c18-12-2-3-14-11(6-12)5-10(8-24-14)1-4-16(23)21-17-20-13(9-25-17)7-15(19)22/h1-6,9H,7-8H2,(H2,19,22)(H,20,21,23). The molecule has 2 heterocycles. The van der Waals surface area contributed by atoms with Crippen LogP contribution in [0.25, 0.3) is 6.08 Å². The summed E-state index contributed by atoms with van der Waals surface area (Å²) in [6.45, 7) is 0.373. The molecule has 25 heavy (non-hydrogen) atoms. The number of fused-ring (bicyclic) bond motifs is 1. The van der Waals surface area contributed by atoms with Crippen LogP contribution < -0.4 is 15.8 Å². The van der Waals surface area contributed by atoms with Gasteiger partial charge in [0.2, 0.25) is 11.8 Å². The van der Waals surface area contributed by atoms with Crippen LogP contribution in [0, 0.1) is 0 Å². The highest BCUT2D eigenvalue weighted by Gasteiger charge is 2.11. The summed E-state index contributed by atoms with van der Waals surface area (Å²) in [6, 6.07) is 5.39. The SMILES string of the molecule is NC(=O)Cc1csc(NC(=O)C=CC2=Cc3cc(Cl)ccc3OC2)n1. The number of nitrogens with two attached hydrogens (primary N) is 1. The Balaban J connectivity index is 1.63. The van der Waals surface area contributed by atoms with Crippen molar-refractivity contribution < 1.29 is 14.3 Å². The van der Waals surface area contributed by atoms with Gasteiger partial charge in [-0.2, -0.15) is 0 Å². The molecule has 0 saturated carbocycles. The van der Waals surface area contributed by atoms with Crippen molar-refractivity contribution in [1.29, 1.82) is 0 Å². The van der Waals surface area contributed by atoms with E-state index in [4.69, 9.17) is 22.1 Å². The molecule has 6 nitrogen and oxygen atoms in total. The molecule has 8 heteroatoms. The third kappa shape index (κ3) is 4.68. The normalized spacial score (nSPS) is 13.1. The zero-order valence-electron chi connectivity index (χ0n) is 13.0. The van der Waals surface area contributed by atoms with Crippen LogP contribution in [0.5, 0.6) is 5.75 Å². The zero-order valence-corrected chi connectivity index (χ0v) is 14.6. The van der Waals surface area contributed by atoms with Crippen molar-refractivity contribution in [3.05, 3.63) is 57.6 Å². The fourth-order valence-electron chi connectivity index (χ4n) is 2.22. The summed E-state index contributed by atoms with van der Waals surface area (Å²) in [4.78, 5) is 26.9. The zero-order chi connectivity index (χ0) is 17.8. The Morgan fingerprint density at radius 3 is 3.08 bits per heavy atom. The quantitative estimate of drug-likeness (QED) is 0.785. The van der Waals surface area contributed by atoms with E-state index in [9.17, 15) is 9.59 Å². The van der Waals surface area contributed by atoms with Crippen molar-refractivity contribution in [3.8, 4) is 5.75 Å². The summed E-state index contributed by atoms with van der Waals surface area (Å²) in [5, 5.41) is 5.36. The van der Waals surface area contributed by atoms with E-state index >= 15 is 0 Å². The van der Waals surface area contributed by atoms with E-state index in [0.717, 1.165) is 16.9 Å². The summed E-state index contributed by atoms with van der Waals surface area (Å²) in [7, 11) is 0. The number of nitrogens with one attached hydrogen (secondary N) is 1. The van der Waals surface area contributed by atoms with E-state index in [0.29, 0.717) is 22.5 Å². The minimum Gasteiger partial charge on any atom is -0.488 e. The Labute approximate surface area is 153 Å². The van der Waals surface area contributed by atoms with E-state index in [1.807, 2.05) is 12.1 Å². The molecule has 1 aliphatic rings. The first-order valence-corrected chi connectivity index (χ1v) is 8.60. The topological polar surface area (TPSA) is 94.3 Å². The van der Waals surface area contributed by atoms with Crippen molar-refractivity contribution in [2.45, 2.75) is 6.42 Å². The van der Waals surface area contributed by atoms with Gasteiger partial charge >= 0.3 is 0 Å². The molecule has 0 spiro atoms. The van der Waals surface area contributed by atoms with Crippen molar-refractivity contribution in [1.82, 2.24) is 4.98 Å². The second-order valence-electron chi connectivity index (χ2n) is 5.30. The van der Waals surface area contributed by atoms with Crippen molar-refractivity contribution in [2.75, 3.05) is 11.9 Å². The number of halogens is 1. The molecule has 0 saturated heterocycles. The Kier molecular flexibility index (Phi) is 5.16. The summed E-state index contributed by atoms with van der Waals surface area (Å²) >= 11 is 7.21. The van der Waals surface area contributed by atoms with Crippen molar-refractivity contribution >= 4 is 46.0 Å². The van der Waals surface area contributed by atoms with E-state index in [1.165, 1.54) is 17.4 Å². The van der Waals surface area contributed by atoms with Gasteiger partial charge in [-0.05, 0) is 29.8 Å². The predicted molar refractivity (Wildman–Crippen MR) is 97.7 cm³/mol. The molecule has 0 radical (unpaired) electrons. The molecule has 1 aliphatic heterocycles. The van der Waals surface area contributed by atoms with Gasteiger partial charge in [-0.3, -0.25) is 14.9 Å². The average Bonchev–Trinajstić information content (AvgIpc) is 2.98. The second-order valence-corrected chi connectivity index (χ2v) is 6.59. The molecule has 1 aromatic carbocycles. The highest BCUT2D eigenvalue weighted by Crippen LogP contribution is 2.29. The number of anilines is 1. The number of primary amides is 1. The minimum absolute atomic E-state index is 0.0500. The summed E-state index contributed by atoms with van der Waals surface area (Å²) in [5.74, 6) is -0.0266. The number of carbonyl (C=O) groups excluding carboxylic acids is 2. The van der Waals surface area contributed by atoms with Crippen molar-refractivity contribution in [2.24, 2.45) is 5.73 Å². The molecule has 3 rings (SSSR count). The second kappa shape index (κ2) is 7.50. The lowest BCUT2D eigenvalue weighted by atomic mass is 10.1. The van der Waals surface area contributed by atoms with Crippen LogP contribution in [0.1, 0.15) is 11.3 Å². The Morgan fingerprint density at radius 2 is 2.28 bits per heavy atom. The molecule has 0 unspecified atom stereocenters. The number of carbonyl (C=O) groups is 2. The molecule has 0 bridgehead atoms. The molecule has 128 valence electrons. The number of hydrogen-bond donors (Lipinski definition) is 2. The van der Waals surface area contributed by atoms with E-state index in [1.54, 1.807) is 23.6 Å². The maximum absolute atomic E-state index is 12.0. The first kappa shape index (κ1) is 17.2. The molecular weight excluding hydrogens is 362 g/mol. The summed E-state index contributed by atoms with van der Waals surface area (Å²) in [6.07, 6.45) is 5.05. The Morgan fingerprint density at radius 1 is 1.44 bits per heavy atom. The minimum atomic E-state index is -0.465. The van der Waals surface area contributed by atoms with Gasteiger partial charge in [-0.1, -0.05) is 17.7 Å². The maximum Gasteiger partial charge on any atom is 0.250 e. The molecule has 3 N–H and O–H groups in total. The summed E-state index contributed by atoms with van der Waals surface area (Å²) in [5.41, 5.74) is 7.36. The lowest BCUT2D eigenvalue weighted by molar-refractivity contribution is -0.117. The number of amides is 2.